The zero-order valence-corrected chi connectivity index (χ0v) is 12.2. The Morgan fingerprint density at radius 3 is 2.61 bits per heavy atom. The van der Waals surface area contributed by atoms with E-state index < -0.39 is 11.5 Å². The maximum atomic E-state index is 11.3. The summed E-state index contributed by atoms with van der Waals surface area (Å²) in [7, 11) is 1.73. The predicted molar refractivity (Wildman–Crippen MR) is 73.7 cm³/mol. The Kier molecular flexibility index (Phi) is 5.60. The molecule has 2 unspecified atom stereocenters. The zero-order valence-electron chi connectivity index (χ0n) is 12.2. The third-order valence-corrected chi connectivity index (χ3v) is 4.37. The normalized spacial score (nSPS) is 25.7. The van der Waals surface area contributed by atoms with Crippen molar-refractivity contribution in [3.05, 3.63) is 0 Å². The largest absolute Gasteiger partial charge is 0.480 e. The first-order valence-corrected chi connectivity index (χ1v) is 7.03. The molecular weight excluding hydrogens is 228 g/mol. The number of nitrogens with one attached hydrogen (secondary N) is 1. The summed E-state index contributed by atoms with van der Waals surface area (Å²) in [6, 6.07) is 0. The van der Waals surface area contributed by atoms with Crippen molar-refractivity contribution in [2.45, 2.75) is 45.6 Å². The molecule has 1 fully saturated rings. The molecule has 1 aliphatic heterocycles. The van der Waals surface area contributed by atoms with Gasteiger partial charge in [0.05, 0.1) is 0 Å². The number of carbonyl (C=O) groups is 1. The molecule has 1 aliphatic rings. The van der Waals surface area contributed by atoms with Gasteiger partial charge in [0.15, 0.2) is 0 Å². The lowest BCUT2D eigenvalue weighted by atomic mass is 9.89. The van der Waals surface area contributed by atoms with Gasteiger partial charge in [-0.3, -0.25) is 4.79 Å². The fraction of sp³-hybridized carbons (Fsp3) is 0.929. The summed E-state index contributed by atoms with van der Waals surface area (Å²) in [6.07, 6.45) is 3.65. The summed E-state index contributed by atoms with van der Waals surface area (Å²) in [4.78, 5) is 13.6. The standard InChI is InChI=1S/C14H28N2O2/c1-11(2)12-6-5-8-16(9-7-12)10-14(3,15-4)13(17)18/h11-12,15H,5-10H2,1-4H3,(H,17,18). The SMILES string of the molecule is CNC(C)(CN1CCCC(C(C)C)CC1)C(=O)O. The van der Waals surface area contributed by atoms with Crippen LogP contribution in [0.4, 0.5) is 0 Å². The molecule has 0 aliphatic carbocycles. The lowest BCUT2D eigenvalue weighted by Crippen LogP contribution is -2.55. The monoisotopic (exact) mass is 256 g/mol. The molecule has 0 amide bonds. The maximum Gasteiger partial charge on any atom is 0.324 e. The van der Waals surface area contributed by atoms with Gasteiger partial charge in [-0.15, -0.1) is 0 Å². The van der Waals surface area contributed by atoms with Crippen LogP contribution in [0.5, 0.6) is 0 Å². The Bertz CT molecular complexity index is 281. The molecule has 2 N–H and O–H groups in total. The number of hydrogen-bond acceptors (Lipinski definition) is 3. The summed E-state index contributed by atoms with van der Waals surface area (Å²) in [5, 5.41) is 12.2. The molecule has 0 aromatic heterocycles. The molecule has 0 saturated carbocycles. The minimum atomic E-state index is -0.836. The number of likely N-dealkylation sites (N-methyl/N-ethyl adjacent to an activating group) is 1. The molecule has 4 nitrogen and oxygen atoms in total. The topological polar surface area (TPSA) is 52.6 Å². The van der Waals surface area contributed by atoms with Gasteiger partial charge < -0.3 is 15.3 Å². The van der Waals surface area contributed by atoms with Crippen molar-refractivity contribution < 1.29 is 9.90 Å². The predicted octanol–water partition coefficient (Wildman–Crippen LogP) is 1.81. The fourth-order valence-corrected chi connectivity index (χ4v) is 2.71. The number of rotatable bonds is 5. The highest BCUT2D eigenvalue weighted by molar-refractivity contribution is 5.78. The fourth-order valence-electron chi connectivity index (χ4n) is 2.71. The summed E-state index contributed by atoms with van der Waals surface area (Å²) in [6.45, 7) is 8.97. The highest BCUT2D eigenvalue weighted by Crippen LogP contribution is 2.25. The second-order valence-electron chi connectivity index (χ2n) is 6.10. The molecule has 0 spiro atoms. The van der Waals surface area contributed by atoms with Gasteiger partial charge >= 0.3 is 5.97 Å². The van der Waals surface area contributed by atoms with E-state index in [0.29, 0.717) is 6.54 Å². The minimum absolute atomic E-state index is 0.587. The summed E-state index contributed by atoms with van der Waals surface area (Å²) in [5.41, 5.74) is -0.836. The van der Waals surface area contributed by atoms with Crippen molar-refractivity contribution in [2.75, 3.05) is 26.7 Å². The molecule has 1 heterocycles. The van der Waals surface area contributed by atoms with Crippen molar-refractivity contribution in [1.82, 2.24) is 10.2 Å². The zero-order chi connectivity index (χ0) is 13.8. The molecule has 1 rings (SSSR count). The van der Waals surface area contributed by atoms with E-state index >= 15 is 0 Å². The smallest absolute Gasteiger partial charge is 0.324 e. The molecule has 1 saturated heterocycles. The van der Waals surface area contributed by atoms with Gasteiger partial charge in [0, 0.05) is 6.54 Å². The number of carboxylic acids is 1. The van der Waals surface area contributed by atoms with Crippen LogP contribution < -0.4 is 5.32 Å². The van der Waals surface area contributed by atoms with E-state index in [4.69, 9.17) is 0 Å². The lowest BCUT2D eigenvalue weighted by molar-refractivity contribution is -0.144. The number of aliphatic carboxylic acids is 1. The molecule has 0 aromatic rings. The van der Waals surface area contributed by atoms with Crippen molar-refractivity contribution in [1.29, 1.82) is 0 Å². The van der Waals surface area contributed by atoms with Crippen LogP contribution in [0.2, 0.25) is 0 Å². The van der Waals surface area contributed by atoms with E-state index in [0.717, 1.165) is 24.9 Å². The first kappa shape index (κ1) is 15.4. The number of carboxylic acid groups (broad SMARTS) is 1. The lowest BCUT2D eigenvalue weighted by Gasteiger charge is -2.31. The van der Waals surface area contributed by atoms with Gasteiger partial charge in [0.2, 0.25) is 0 Å². The second kappa shape index (κ2) is 6.53. The third-order valence-electron chi connectivity index (χ3n) is 4.37. The van der Waals surface area contributed by atoms with Crippen molar-refractivity contribution in [3.63, 3.8) is 0 Å². The van der Waals surface area contributed by atoms with Gasteiger partial charge in [-0.2, -0.15) is 0 Å². The van der Waals surface area contributed by atoms with E-state index in [1.807, 2.05) is 0 Å². The Labute approximate surface area is 111 Å². The molecule has 18 heavy (non-hydrogen) atoms. The molecule has 0 radical (unpaired) electrons. The van der Waals surface area contributed by atoms with Crippen molar-refractivity contribution in [3.8, 4) is 0 Å². The van der Waals surface area contributed by atoms with Crippen LogP contribution in [0, 0.1) is 11.8 Å². The second-order valence-corrected chi connectivity index (χ2v) is 6.10. The van der Waals surface area contributed by atoms with Crippen LogP contribution in [0.15, 0.2) is 0 Å². The Balaban J connectivity index is 2.56. The Hall–Kier alpha value is -0.610. The van der Waals surface area contributed by atoms with E-state index in [1.165, 1.54) is 19.3 Å². The average Bonchev–Trinajstić information content (AvgIpc) is 2.54. The molecule has 0 aromatic carbocycles. The van der Waals surface area contributed by atoms with Gasteiger partial charge in [-0.1, -0.05) is 13.8 Å². The number of hydrogen-bond donors (Lipinski definition) is 2. The molecule has 4 heteroatoms. The first-order chi connectivity index (χ1) is 8.39. The van der Waals surface area contributed by atoms with Crippen LogP contribution in [0.3, 0.4) is 0 Å². The van der Waals surface area contributed by atoms with Crippen molar-refractivity contribution >= 4 is 5.97 Å². The van der Waals surface area contributed by atoms with E-state index in [-0.39, 0.29) is 0 Å². The maximum absolute atomic E-state index is 11.3. The van der Waals surface area contributed by atoms with Crippen LogP contribution in [-0.4, -0.2) is 48.2 Å². The third kappa shape index (κ3) is 3.95. The summed E-state index contributed by atoms with van der Waals surface area (Å²) in [5.74, 6) is 0.760. The van der Waals surface area contributed by atoms with Crippen LogP contribution in [0.25, 0.3) is 0 Å². The van der Waals surface area contributed by atoms with Gasteiger partial charge in [-0.05, 0) is 58.2 Å². The van der Waals surface area contributed by atoms with Gasteiger partial charge in [0.25, 0.3) is 0 Å². The first-order valence-electron chi connectivity index (χ1n) is 7.03. The van der Waals surface area contributed by atoms with E-state index in [1.54, 1.807) is 14.0 Å². The highest BCUT2D eigenvalue weighted by Gasteiger charge is 2.34. The minimum Gasteiger partial charge on any atom is -0.480 e. The van der Waals surface area contributed by atoms with Gasteiger partial charge in [-0.25, -0.2) is 0 Å². The number of nitrogens with zero attached hydrogens (tertiary/aromatic N) is 1. The van der Waals surface area contributed by atoms with Crippen LogP contribution in [0.1, 0.15) is 40.0 Å². The van der Waals surface area contributed by atoms with Gasteiger partial charge in [0.1, 0.15) is 5.54 Å². The Morgan fingerprint density at radius 1 is 1.44 bits per heavy atom. The molecular formula is C14H28N2O2. The quantitative estimate of drug-likeness (QED) is 0.787. The highest BCUT2D eigenvalue weighted by atomic mass is 16.4. The Morgan fingerprint density at radius 2 is 2.11 bits per heavy atom. The molecule has 0 bridgehead atoms. The number of likely N-dealkylation sites (tertiary alicyclic amines) is 1. The van der Waals surface area contributed by atoms with Crippen LogP contribution >= 0.6 is 0 Å². The van der Waals surface area contributed by atoms with E-state index in [2.05, 4.69) is 24.1 Å². The van der Waals surface area contributed by atoms with Crippen molar-refractivity contribution in [2.24, 2.45) is 11.8 Å². The molecule has 2 atom stereocenters. The van der Waals surface area contributed by atoms with Crippen LogP contribution in [-0.2, 0) is 4.79 Å². The molecule has 106 valence electrons. The summed E-state index contributed by atoms with van der Waals surface area (Å²) < 4.78 is 0. The average molecular weight is 256 g/mol. The van der Waals surface area contributed by atoms with E-state index in [9.17, 15) is 9.90 Å². The summed E-state index contributed by atoms with van der Waals surface area (Å²) >= 11 is 0.